The fourth-order valence-corrected chi connectivity index (χ4v) is 2.80. The zero-order valence-corrected chi connectivity index (χ0v) is 12.7. The quantitative estimate of drug-likeness (QED) is 0.391. The molecular weight excluding hydrogens is 236 g/mol. The summed E-state index contributed by atoms with van der Waals surface area (Å²) in [6, 6.07) is 4.29. The van der Waals surface area contributed by atoms with Crippen molar-refractivity contribution < 1.29 is 0 Å². The van der Waals surface area contributed by atoms with Crippen LogP contribution in [0.5, 0.6) is 0 Å². The van der Waals surface area contributed by atoms with Gasteiger partial charge in [0.2, 0.25) is 0 Å². The minimum absolute atomic E-state index is 1.24. The molecule has 1 aromatic rings. The lowest BCUT2D eigenvalue weighted by atomic mass is 10.1. The molecule has 0 saturated carbocycles. The van der Waals surface area contributed by atoms with Crippen LogP contribution in [-0.2, 0) is 0 Å². The van der Waals surface area contributed by atoms with Gasteiger partial charge < -0.3 is 0 Å². The first kappa shape index (κ1) is 15.5. The number of hydrogen-bond acceptors (Lipinski definition) is 1. The number of hydrogen-bond donors (Lipinski definition) is 0. The molecule has 0 atom stereocenters. The first-order valence-corrected chi connectivity index (χ1v) is 8.51. The number of allylic oxidation sites excluding steroid dienone is 1. The van der Waals surface area contributed by atoms with Gasteiger partial charge in [-0.15, -0.1) is 11.3 Å². The van der Waals surface area contributed by atoms with E-state index in [1.165, 1.54) is 69.1 Å². The van der Waals surface area contributed by atoms with Crippen LogP contribution in [0.2, 0.25) is 0 Å². The summed E-state index contributed by atoms with van der Waals surface area (Å²) in [5.74, 6) is 0. The topological polar surface area (TPSA) is 0 Å². The third-order valence-corrected chi connectivity index (χ3v) is 4.14. The Hall–Kier alpha value is -0.560. The third-order valence-electron chi connectivity index (χ3n) is 3.30. The molecule has 102 valence electrons. The highest BCUT2D eigenvalue weighted by molar-refractivity contribution is 7.10. The van der Waals surface area contributed by atoms with Gasteiger partial charge in [-0.25, -0.2) is 0 Å². The highest BCUT2D eigenvalue weighted by Gasteiger charge is 1.91. The van der Waals surface area contributed by atoms with E-state index in [1.807, 2.05) is 11.3 Å². The first-order chi connectivity index (χ1) is 8.93. The molecule has 0 amide bonds. The van der Waals surface area contributed by atoms with Gasteiger partial charge in [-0.05, 0) is 30.4 Å². The molecule has 1 aromatic heterocycles. The van der Waals surface area contributed by atoms with Crippen molar-refractivity contribution in [1.29, 1.82) is 0 Å². The van der Waals surface area contributed by atoms with E-state index in [1.54, 1.807) is 0 Å². The van der Waals surface area contributed by atoms with Crippen LogP contribution in [0.4, 0.5) is 0 Å². The predicted molar refractivity (Wildman–Crippen MR) is 85.2 cm³/mol. The van der Waals surface area contributed by atoms with Crippen molar-refractivity contribution in [1.82, 2.24) is 0 Å². The summed E-state index contributed by atoms with van der Waals surface area (Å²) in [7, 11) is 0. The van der Waals surface area contributed by atoms with Crippen molar-refractivity contribution in [3.8, 4) is 0 Å². The average molecular weight is 264 g/mol. The molecule has 0 unspecified atom stereocenters. The third kappa shape index (κ3) is 8.52. The highest BCUT2D eigenvalue weighted by atomic mass is 32.1. The maximum Gasteiger partial charge on any atom is 0.0267 e. The smallest absolute Gasteiger partial charge is 0.0267 e. The van der Waals surface area contributed by atoms with Crippen molar-refractivity contribution in [3.05, 3.63) is 28.5 Å². The Kier molecular flexibility index (Phi) is 9.92. The van der Waals surface area contributed by atoms with Gasteiger partial charge in [0, 0.05) is 4.88 Å². The second kappa shape index (κ2) is 11.5. The molecule has 1 heterocycles. The average Bonchev–Trinajstić information content (AvgIpc) is 2.89. The summed E-state index contributed by atoms with van der Waals surface area (Å²) in [6.07, 6.45) is 18.6. The number of unbranched alkanes of at least 4 members (excludes halogenated alkanes) is 9. The summed E-state index contributed by atoms with van der Waals surface area (Å²) in [5.41, 5.74) is 0. The van der Waals surface area contributed by atoms with E-state index in [0.717, 1.165) is 0 Å². The maximum absolute atomic E-state index is 2.33. The fourth-order valence-electron chi connectivity index (χ4n) is 2.16. The summed E-state index contributed by atoms with van der Waals surface area (Å²) >= 11 is 1.82. The van der Waals surface area contributed by atoms with Crippen LogP contribution in [0.1, 0.15) is 76.0 Å². The molecule has 0 saturated heterocycles. The lowest BCUT2D eigenvalue weighted by Crippen LogP contribution is -1.80. The van der Waals surface area contributed by atoms with E-state index < -0.39 is 0 Å². The molecule has 0 aromatic carbocycles. The fraction of sp³-hybridized carbons (Fsp3) is 0.647. The molecule has 0 radical (unpaired) electrons. The normalized spacial score (nSPS) is 11.4. The molecule has 0 fully saturated rings. The summed E-state index contributed by atoms with van der Waals surface area (Å²) in [4.78, 5) is 1.38. The van der Waals surface area contributed by atoms with Crippen molar-refractivity contribution in [2.75, 3.05) is 0 Å². The van der Waals surface area contributed by atoms with E-state index in [2.05, 4.69) is 36.6 Å². The first-order valence-electron chi connectivity index (χ1n) is 7.63. The highest BCUT2D eigenvalue weighted by Crippen LogP contribution is 2.13. The molecule has 0 aliphatic carbocycles. The summed E-state index contributed by atoms with van der Waals surface area (Å²) in [6.45, 7) is 2.28. The van der Waals surface area contributed by atoms with Gasteiger partial charge in [0.15, 0.2) is 0 Å². The molecule has 0 bridgehead atoms. The van der Waals surface area contributed by atoms with Crippen molar-refractivity contribution >= 4 is 17.4 Å². The Balaban J connectivity index is 1.81. The van der Waals surface area contributed by atoms with E-state index in [9.17, 15) is 0 Å². The molecule has 1 heteroatoms. The van der Waals surface area contributed by atoms with Crippen LogP contribution in [0.15, 0.2) is 23.6 Å². The SMILES string of the molecule is CCCCCCCCCCCC=Cc1cccs1. The van der Waals surface area contributed by atoms with E-state index in [-0.39, 0.29) is 0 Å². The van der Waals surface area contributed by atoms with Gasteiger partial charge in [-0.2, -0.15) is 0 Å². The molecule has 0 spiro atoms. The van der Waals surface area contributed by atoms with Crippen molar-refractivity contribution in [2.24, 2.45) is 0 Å². The van der Waals surface area contributed by atoms with Crippen LogP contribution in [-0.4, -0.2) is 0 Å². The minimum Gasteiger partial charge on any atom is -0.144 e. The second-order valence-corrected chi connectivity index (χ2v) is 6.01. The van der Waals surface area contributed by atoms with Crippen molar-refractivity contribution in [3.63, 3.8) is 0 Å². The van der Waals surface area contributed by atoms with Crippen LogP contribution in [0.3, 0.4) is 0 Å². The zero-order valence-electron chi connectivity index (χ0n) is 11.9. The zero-order chi connectivity index (χ0) is 12.9. The lowest BCUT2D eigenvalue weighted by Gasteiger charge is -2.00. The number of thiophene rings is 1. The Morgan fingerprint density at radius 1 is 0.944 bits per heavy atom. The van der Waals surface area contributed by atoms with Gasteiger partial charge in [0.1, 0.15) is 0 Å². The largest absolute Gasteiger partial charge is 0.144 e. The van der Waals surface area contributed by atoms with Gasteiger partial charge in [0.25, 0.3) is 0 Å². The predicted octanol–water partition coefficient (Wildman–Crippen LogP) is 6.68. The van der Waals surface area contributed by atoms with Crippen LogP contribution in [0.25, 0.3) is 6.08 Å². The molecule has 0 aliphatic rings. The van der Waals surface area contributed by atoms with Gasteiger partial charge in [-0.3, -0.25) is 0 Å². The lowest BCUT2D eigenvalue weighted by molar-refractivity contribution is 0.566. The van der Waals surface area contributed by atoms with Crippen LogP contribution in [0, 0.1) is 0 Å². The Labute approximate surface area is 117 Å². The molecule has 0 nitrogen and oxygen atoms in total. The van der Waals surface area contributed by atoms with Crippen molar-refractivity contribution in [2.45, 2.75) is 71.1 Å². The van der Waals surface area contributed by atoms with Gasteiger partial charge >= 0.3 is 0 Å². The van der Waals surface area contributed by atoms with E-state index >= 15 is 0 Å². The van der Waals surface area contributed by atoms with Gasteiger partial charge in [-0.1, -0.05) is 70.4 Å². The van der Waals surface area contributed by atoms with E-state index in [4.69, 9.17) is 0 Å². The molecule has 0 N–H and O–H groups in total. The van der Waals surface area contributed by atoms with Gasteiger partial charge in [0.05, 0.1) is 0 Å². The molecule has 0 aliphatic heterocycles. The summed E-state index contributed by atoms with van der Waals surface area (Å²) in [5, 5.41) is 2.14. The molecular formula is C17H28S. The van der Waals surface area contributed by atoms with Crippen LogP contribution < -0.4 is 0 Å². The molecule has 1 rings (SSSR count). The standard InChI is InChI=1S/C17H28S/c1-2-3-4-5-6-7-8-9-10-11-12-14-17-15-13-16-18-17/h12-16H,2-11H2,1H3. The van der Waals surface area contributed by atoms with E-state index in [0.29, 0.717) is 0 Å². The Morgan fingerprint density at radius 3 is 2.22 bits per heavy atom. The monoisotopic (exact) mass is 264 g/mol. The Bertz CT molecular complexity index is 285. The second-order valence-electron chi connectivity index (χ2n) is 5.03. The summed E-state index contributed by atoms with van der Waals surface area (Å²) < 4.78 is 0. The number of rotatable bonds is 11. The minimum atomic E-state index is 1.24. The molecule has 18 heavy (non-hydrogen) atoms. The van der Waals surface area contributed by atoms with Crippen LogP contribution >= 0.6 is 11.3 Å². The maximum atomic E-state index is 2.33. The Morgan fingerprint density at radius 2 is 1.61 bits per heavy atom.